The minimum absolute atomic E-state index is 0.337. The van der Waals surface area contributed by atoms with E-state index in [1.54, 1.807) is 11.6 Å². The van der Waals surface area contributed by atoms with Gasteiger partial charge in [-0.1, -0.05) is 0 Å². The lowest BCUT2D eigenvalue weighted by atomic mass is 10.5. The molecule has 0 amide bonds. The first-order chi connectivity index (χ1) is 7.07. The molecular weight excluding hydrogens is 184 g/mol. The molecule has 6 heteroatoms. The predicted molar refractivity (Wildman–Crippen MR) is 51.2 cm³/mol. The lowest BCUT2D eigenvalue weighted by Gasteiger charge is -2.02. The van der Waals surface area contributed by atoms with Crippen LogP contribution >= 0.6 is 0 Å². The van der Waals surface area contributed by atoms with Gasteiger partial charge in [0.25, 0.3) is 5.56 Å². The van der Waals surface area contributed by atoms with Gasteiger partial charge in [-0.25, -0.2) is 9.78 Å². The second kappa shape index (κ2) is 2.57. The molecule has 0 unspecified atom stereocenters. The van der Waals surface area contributed by atoms with Gasteiger partial charge in [-0.05, 0) is 0 Å². The van der Waals surface area contributed by atoms with E-state index in [0.29, 0.717) is 11.2 Å². The Balaban J connectivity index is 3.13. The highest BCUT2D eigenvalue weighted by molar-refractivity contribution is 5.69. The largest absolute Gasteiger partial charge is 0.332 e. The van der Waals surface area contributed by atoms with Crippen molar-refractivity contribution in [3.63, 3.8) is 0 Å². The van der Waals surface area contributed by atoms with Gasteiger partial charge in [0.05, 0.1) is 6.33 Å². The zero-order chi connectivity index (χ0) is 11.2. The van der Waals surface area contributed by atoms with Gasteiger partial charge in [0.2, 0.25) is 0 Å². The van der Waals surface area contributed by atoms with Crippen molar-refractivity contribution in [2.45, 2.75) is 0 Å². The Morgan fingerprint density at radius 1 is 1.36 bits per heavy atom. The van der Waals surface area contributed by atoms with Gasteiger partial charge in [-0.3, -0.25) is 13.9 Å². The Kier molecular flexibility index (Phi) is 1.38. The van der Waals surface area contributed by atoms with E-state index in [1.807, 2.05) is 0 Å². The third-order valence-corrected chi connectivity index (χ3v) is 2.20. The Hall–Kier alpha value is -1.85. The van der Waals surface area contributed by atoms with E-state index in [-0.39, 0.29) is 7.02 Å². The fraction of sp³-hybridized carbons (Fsp3) is 0.375. The molecule has 2 aromatic heterocycles. The standard InChI is InChI=1S/C8H10N4O2/c1-10-4-9-6-5(10)7(13)12(3)8(14)11(6)2/h4H,1-3H3/i3D. The average molecular weight is 195 g/mol. The second-order valence-electron chi connectivity index (χ2n) is 3.10. The summed E-state index contributed by atoms with van der Waals surface area (Å²) < 4.78 is 10.8. The lowest BCUT2D eigenvalue weighted by molar-refractivity contribution is 0.705. The molecule has 0 saturated heterocycles. The highest BCUT2D eigenvalue weighted by Gasteiger charge is 2.11. The van der Waals surface area contributed by atoms with Gasteiger partial charge in [-0.15, -0.1) is 0 Å². The molecule has 0 aliphatic heterocycles. The van der Waals surface area contributed by atoms with Crippen LogP contribution in [0.15, 0.2) is 15.9 Å². The molecule has 0 spiro atoms. The summed E-state index contributed by atoms with van der Waals surface area (Å²) in [4.78, 5) is 27.4. The molecule has 0 radical (unpaired) electrons. The minimum Gasteiger partial charge on any atom is -0.328 e. The van der Waals surface area contributed by atoms with Crippen LogP contribution in [-0.4, -0.2) is 18.7 Å². The summed E-state index contributed by atoms with van der Waals surface area (Å²) in [5.41, 5.74) is -0.300. The molecule has 2 aromatic rings. The molecule has 0 aromatic carbocycles. The van der Waals surface area contributed by atoms with Crippen LogP contribution in [0, 0.1) is 0 Å². The molecular formula is C8H10N4O2. The van der Waals surface area contributed by atoms with E-state index in [2.05, 4.69) is 4.98 Å². The minimum atomic E-state index is -0.513. The van der Waals surface area contributed by atoms with E-state index in [0.717, 1.165) is 4.57 Å². The van der Waals surface area contributed by atoms with Crippen molar-refractivity contribution in [1.82, 2.24) is 18.7 Å². The SMILES string of the molecule is [2H]Cn1c(=O)c2c(ncn2C)n(C)c1=O. The molecule has 6 nitrogen and oxygen atoms in total. The first-order valence-electron chi connectivity index (χ1n) is 4.68. The molecule has 2 rings (SSSR count). The van der Waals surface area contributed by atoms with Crippen molar-refractivity contribution in [2.24, 2.45) is 21.1 Å². The normalized spacial score (nSPS) is 12.0. The Labute approximate surface area is 80.4 Å². The summed E-state index contributed by atoms with van der Waals surface area (Å²) in [7, 11) is 2.82. The summed E-state index contributed by atoms with van der Waals surface area (Å²) in [6.07, 6.45) is 1.47. The molecule has 0 N–H and O–H groups in total. The summed E-state index contributed by atoms with van der Waals surface area (Å²) >= 11 is 0. The van der Waals surface area contributed by atoms with Crippen molar-refractivity contribution >= 4 is 11.2 Å². The van der Waals surface area contributed by atoms with Gasteiger partial charge in [0.1, 0.15) is 0 Å². The van der Waals surface area contributed by atoms with E-state index in [1.165, 1.54) is 17.9 Å². The zero-order valence-electron chi connectivity index (χ0n) is 8.89. The van der Waals surface area contributed by atoms with Crippen LogP contribution in [-0.2, 0) is 21.1 Å². The fourth-order valence-electron chi connectivity index (χ4n) is 1.40. The Morgan fingerprint density at radius 2 is 2.07 bits per heavy atom. The van der Waals surface area contributed by atoms with Gasteiger partial charge in [0, 0.05) is 22.5 Å². The van der Waals surface area contributed by atoms with Crippen molar-refractivity contribution in [3.8, 4) is 0 Å². The predicted octanol–water partition coefficient (Wildman–Crippen LogP) is -1.03. The number of fused-ring (bicyclic) bond motifs is 1. The van der Waals surface area contributed by atoms with Gasteiger partial charge >= 0.3 is 5.69 Å². The number of aryl methyl sites for hydroxylation is 2. The number of nitrogens with zero attached hydrogens (tertiary/aromatic N) is 4. The fourth-order valence-corrected chi connectivity index (χ4v) is 1.40. The maximum atomic E-state index is 11.8. The first kappa shape index (κ1) is 7.54. The maximum Gasteiger partial charge on any atom is 0.332 e. The molecule has 2 heterocycles. The van der Waals surface area contributed by atoms with E-state index in [4.69, 9.17) is 1.37 Å². The monoisotopic (exact) mass is 195 g/mol. The maximum absolute atomic E-state index is 11.8. The zero-order valence-corrected chi connectivity index (χ0v) is 7.89. The van der Waals surface area contributed by atoms with Crippen LogP contribution in [0.1, 0.15) is 1.37 Å². The molecule has 0 bridgehead atoms. The molecule has 0 saturated carbocycles. The first-order valence-corrected chi connectivity index (χ1v) is 3.98. The second-order valence-corrected chi connectivity index (χ2v) is 3.10. The number of hydrogen-bond acceptors (Lipinski definition) is 3. The van der Waals surface area contributed by atoms with Crippen LogP contribution in [0.2, 0.25) is 0 Å². The smallest absolute Gasteiger partial charge is 0.328 e. The summed E-state index contributed by atoms with van der Waals surface area (Å²) in [6.45, 7) is 0. The summed E-state index contributed by atoms with van der Waals surface area (Å²) in [5, 5.41) is 0. The Morgan fingerprint density at radius 3 is 2.71 bits per heavy atom. The van der Waals surface area contributed by atoms with E-state index < -0.39 is 11.2 Å². The molecule has 0 aliphatic carbocycles. The highest BCUT2D eigenvalue weighted by Crippen LogP contribution is 2.01. The van der Waals surface area contributed by atoms with Crippen LogP contribution in [0.25, 0.3) is 11.2 Å². The summed E-state index contributed by atoms with van der Waals surface area (Å²) in [6, 6.07) is 0. The third kappa shape index (κ3) is 0.876. The molecule has 0 fully saturated rings. The number of imidazole rings is 1. The molecule has 0 aliphatic rings. The molecule has 14 heavy (non-hydrogen) atoms. The van der Waals surface area contributed by atoms with Crippen LogP contribution in [0.4, 0.5) is 0 Å². The van der Waals surface area contributed by atoms with Gasteiger partial charge in [-0.2, -0.15) is 0 Å². The topological polar surface area (TPSA) is 61.8 Å². The van der Waals surface area contributed by atoms with Crippen molar-refractivity contribution in [2.75, 3.05) is 0 Å². The van der Waals surface area contributed by atoms with Crippen molar-refractivity contribution in [1.29, 1.82) is 0 Å². The number of rotatable bonds is 0. The number of hydrogen-bond donors (Lipinski definition) is 0. The lowest BCUT2D eigenvalue weighted by Crippen LogP contribution is -2.37. The van der Waals surface area contributed by atoms with Crippen molar-refractivity contribution in [3.05, 3.63) is 27.2 Å². The average Bonchev–Trinajstić information content (AvgIpc) is 2.58. The Bertz CT molecular complexity index is 636. The van der Waals surface area contributed by atoms with Crippen LogP contribution in [0.5, 0.6) is 0 Å². The van der Waals surface area contributed by atoms with Crippen LogP contribution < -0.4 is 11.2 Å². The highest BCUT2D eigenvalue weighted by atomic mass is 16.2. The third-order valence-electron chi connectivity index (χ3n) is 2.20. The number of aromatic nitrogens is 4. The molecule has 74 valence electrons. The van der Waals surface area contributed by atoms with Gasteiger partial charge in [0.15, 0.2) is 11.2 Å². The summed E-state index contributed by atoms with van der Waals surface area (Å²) in [5.74, 6) is 0. The van der Waals surface area contributed by atoms with E-state index in [9.17, 15) is 9.59 Å². The van der Waals surface area contributed by atoms with Gasteiger partial charge < -0.3 is 4.57 Å². The van der Waals surface area contributed by atoms with Crippen LogP contribution in [0.3, 0.4) is 0 Å². The molecule has 0 atom stereocenters. The van der Waals surface area contributed by atoms with E-state index >= 15 is 0 Å². The quantitative estimate of drug-likeness (QED) is 0.540. The van der Waals surface area contributed by atoms with Crippen molar-refractivity contribution < 1.29 is 1.37 Å².